The molecule has 17 heavy (non-hydrogen) atoms. The van der Waals surface area contributed by atoms with Gasteiger partial charge in [-0.2, -0.15) is 0 Å². The minimum Gasteiger partial charge on any atom is -0.345 e. The van der Waals surface area contributed by atoms with E-state index in [1.54, 1.807) is 0 Å². The van der Waals surface area contributed by atoms with Crippen molar-refractivity contribution in [3.8, 4) is 0 Å². The van der Waals surface area contributed by atoms with Gasteiger partial charge >= 0.3 is 0 Å². The van der Waals surface area contributed by atoms with Crippen molar-refractivity contribution in [2.75, 3.05) is 13.6 Å². The van der Waals surface area contributed by atoms with Crippen molar-refractivity contribution in [3.63, 3.8) is 0 Å². The maximum atomic E-state index is 11.0. The highest BCUT2D eigenvalue weighted by Gasteiger charge is 2.20. The maximum absolute atomic E-state index is 11.0. The predicted molar refractivity (Wildman–Crippen MR) is 80.5 cm³/mol. The van der Waals surface area contributed by atoms with Crippen molar-refractivity contribution >= 4 is 14.3 Å². The molecule has 0 aliphatic carbocycles. The second kappa shape index (κ2) is 20.9. The first-order valence-electron chi connectivity index (χ1n) is 6.98. The topological polar surface area (TPSA) is 20.3 Å². The molecule has 0 aromatic rings. The summed E-state index contributed by atoms with van der Waals surface area (Å²) in [6.45, 7) is 15.2. The van der Waals surface area contributed by atoms with Crippen LogP contribution in [0.5, 0.6) is 0 Å². The van der Waals surface area contributed by atoms with Crippen LogP contribution in [0.15, 0.2) is 0 Å². The molecule has 1 atom stereocenters. The third kappa shape index (κ3) is 13.5. The first-order chi connectivity index (χ1) is 7.74. The zero-order valence-corrected chi connectivity index (χ0v) is 13.3. The van der Waals surface area contributed by atoms with Gasteiger partial charge in [-0.25, -0.2) is 0 Å². The van der Waals surface area contributed by atoms with E-state index in [1.165, 1.54) is 6.42 Å². The van der Waals surface area contributed by atoms with Crippen LogP contribution in [0.1, 0.15) is 67.7 Å². The number of amides is 1. The predicted octanol–water partition coefficient (Wildman–Crippen LogP) is 3.96. The molecule has 1 rings (SSSR count). The largest absolute Gasteiger partial charge is 0.345 e. The standard InChI is InChI=1S/C8H15NO.3C2H6.B/c1-3-7-4-5-8(10)9(2)6-7;3*1-2;/h7H,3-6H2,1-2H3;3*1-2H3;. The lowest BCUT2D eigenvalue weighted by molar-refractivity contribution is -0.133. The van der Waals surface area contributed by atoms with E-state index in [2.05, 4.69) is 6.92 Å². The quantitative estimate of drug-likeness (QED) is 0.637. The number of hydrogen-bond acceptors (Lipinski definition) is 1. The van der Waals surface area contributed by atoms with Gasteiger partial charge in [0.1, 0.15) is 0 Å². The van der Waals surface area contributed by atoms with E-state index in [1.807, 2.05) is 53.5 Å². The van der Waals surface area contributed by atoms with Crippen molar-refractivity contribution in [1.29, 1.82) is 0 Å². The monoisotopic (exact) mass is 242 g/mol. The van der Waals surface area contributed by atoms with Gasteiger partial charge in [0.25, 0.3) is 0 Å². The SMILES string of the molecule is CC.CC.CC.CCC1CCC(=O)N(C)C1.[B]. The van der Waals surface area contributed by atoms with Crippen molar-refractivity contribution in [1.82, 2.24) is 4.90 Å². The molecule has 3 radical (unpaired) electrons. The van der Waals surface area contributed by atoms with Gasteiger partial charge in [-0.1, -0.05) is 54.9 Å². The number of carbonyl (C=O) groups is 1. The third-order valence-electron chi connectivity index (χ3n) is 2.30. The number of rotatable bonds is 1. The van der Waals surface area contributed by atoms with E-state index in [-0.39, 0.29) is 8.41 Å². The lowest BCUT2D eigenvalue weighted by Crippen LogP contribution is -2.36. The zero-order valence-electron chi connectivity index (χ0n) is 13.3. The highest BCUT2D eigenvalue weighted by atomic mass is 16.2. The van der Waals surface area contributed by atoms with Crippen LogP contribution in [0.3, 0.4) is 0 Å². The average molecular weight is 242 g/mol. The molecule has 0 saturated carbocycles. The van der Waals surface area contributed by atoms with Gasteiger partial charge in [0, 0.05) is 28.4 Å². The summed E-state index contributed by atoms with van der Waals surface area (Å²) in [4.78, 5) is 12.8. The Labute approximate surface area is 112 Å². The molecule has 1 unspecified atom stereocenters. The van der Waals surface area contributed by atoms with Crippen molar-refractivity contribution in [2.24, 2.45) is 5.92 Å². The summed E-state index contributed by atoms with van der Waals surface area (Å²) in [5, 5.41) is 0. The van der Waals surface area contributed by atoms with Gasteiger partial charge in [0.15, 0.2) is 0 Å². The summed E-state index contributed by atoms with van der Waals surface area (Å²) in [6, 6.07) is 0. The fourth-order valence-electron chi connectivity index (χ4n) is 1.43. The third-order valence-corrected chi connectivity index (χ3v) is 2.30. The average Bonchev–Trinajstić information content (AvgIpc) is 2.40. The van der Waals surface area contributed by atoms with E-state index in [0.717, 1.165) is 25.3 Å². The van der Waals surface area contributed by atoms with E-state index >= 15 is 0 Å². The molecule has 1 aliphatic heterocycles. The smallest absolute Gasteiger partial charge is 0.222 e. The zero-order chi connectivity index (χ0) is 13.6. The van der Waals surface area contributed by atoms with E-state index in [4.69, 9.17) is 0 Å². The minimum absolute atomic E-state index is 0. The maximum Gasteiger partial charge on any atom is 0.222 e. The Kier molecular flexibility index (Phi) is 31.2. The van der Waals surface area contributed by atoms with Gasteiger partial charge in [-0.15, -0.1) is 0 Å². The molecule has 1 saturated heterocycles. The van der Waals surface area contributed by atoms with Crippen molar-refractivity contribution < 1.29 is 4.79 Å². The Bertz CT molecular complexity index is 140. The van der Waals surface area contributed by atoms with Crippen LogP contribution in [0.4, 0.5) is 0 Å². The molecule has 2 nitrogen and oxygen atoms in total. The number of hydrogen-bond donors (Lipinski definition) is 0. The Morgan fingerprint density at radius 3 is 1.82 bits per heavy atom. The van der Waals surface area contributed by atoms with Gasteiger partial charge in [-0.3, -0.25) is 4.79 Å². The van der Waals surface area contributed by atoms with Gasteiger partial charge in [0.2, 0.25) is 5.91 Å². The summed E-state index contributed by atoms with van der Waals surface area (Å²) in [7, 11) is 1.89. The molecule has 1 amide bonds. The molecule has 0 aromatic heterocycles. The highest BCUT2D eigenvalue weighted by molar-refractivity contribution is 5.76. The summed E-state index contributed by atoms with van der Waals surface area (Å²) in [5.74, 6) is 1.06. The summed E-state index contributed by atoms with van der Waals surface area (Å²) >= 11 is 0. The Morgan fingerprint density at radius 1 is 1.12 bits per heavy atom. The molecule has 0 N–H and O–H groups in total. The van der Waals surface area contributed by atoms with Crippen molar-refractivity contribution in [3.05, 3.63) is 0 Å². The molecule has 0 aromatic carbocycles. The molecule has 103 valence electrons. The lowest BCUT2D eigenvalue weighted by atomic mass is 9.96. The van der Waals surface area contributed by atoms with Crippen LogP contribution in [0, 0.1) is 5.92 Å². The van der Waals surface area contributed by atoms with Crippen LogP contribution in [0.25, 0.3) is 0 Å². The molecule has 0 bridgehead atoms. The fourth-order valence-corrected chi connectivity index (χ4v) is 1.43. The summed E-state index contributed by atoms with van der Waals surface area (Å²) in [6.07, 6.45) is 3.06. The van der Waals surface area contributed by atoms with Gasteiger partial charge in [-0.05, 0) is 12.3 Å². The second-order valence-corrected chi connectivity index (χ2v) is 3.09. The number of piperidine rings is 1. The van der Waals surface area contributed by atoms with Crippen LogP contribution in [-0.4, -0.2) is 32.8 Å². The first-order valence-corrected chi connectivity index (χ1v) is 6.98. The fraction of sp³-hybridized carbons (Fsp3) is 0.929. The van der Waals surface area contributed by atoms with Crippen molar-refractivity contribution in [2.45, 2.75) is 67.7 Å². The van der Waals surface area contributed by atoms with Gasteiger partial charge in [0.05, 0.1) is 0 Å². The highest BCUT2D eigenvalue weighted by Crippen LogP contribution is 2.18. The Hall–Kier alpha value is -0.465. The molecular weight excluding hydrogens is 209 g/mol. The van der Waals surface area contributed by atoms with E-state index in [9.17, 15) is 4.79 Å². The summed E-state index contributed by atoms with van der Waals surface area (Å²) < 4.78 is 0. The summed E-state index contributed by atoms with van der Waals surface area (Å²) in [5.41, 5.74) is 0. The Morgan fingerprint density at radius 2 is 1.53 bits per heavy atom. The molecule has 1 fully saturated rings. The molecule has 0 spiro atoms. The van der Waals surface area contributed by atoms with Crippen LogP contribution in [0.2, 0.25) is 0 Å². The number of nitrogens with zero attached hydrogens (tertiary/aromatic N) is 1. The first kappa shape index (κ1) is 25.4. The lowest BCUT2D eigenvalue weighted by Gasteiger charge is -2.28. The second-order valence-electron chi connectivity index (χ2n) is 3.09. The normalized spacial score (nSPS) is 17.1. The van der Waals surface area contributed by atoms with E-state index in [0.29, 0.717) is 5.91 Å². The molecular formula is C14H33BNO. The van der Waals surface area contributed by atoms with Crippen LogP contribution >= 0.6 is 0 Å². The minimum atomic E-state index is 0. The van der Waals surface area contributed by atoms with Crippen LogP contribution in [-0.2, 0) is 4.79 Å². The van der Waals surface area contributed by atoms with Gasteiger partial charge < -0.3 is 4.90 Å². The van der Waals surface area contributed by atoms with E-state index < -0.39 is 0 Å². The molecule has 1 heterocycles. The molecule has 1 aliphatic rings. The number of carbonyl (C=O) groups excluding carboxylic acids is 1. The van der Waals surface area contributed by atoms with Crippen LogP contribution < -0.4 is 0 Å². The Balaban J connectivity index is -0.000000106. The molecule has 3 heteroatoms. The number of likely N-dealkylation sites (tertiary alicyclic amines) is 1.